The molecule has 0 bridgehead atoms. The van der Waals surface area contributed by atoms with Gasteiger partial charge in [-0.2, -0.15) is 0 Å². The number of phenolic OH excluding ortho intramolecular Hbond substituents is 2. The highest BCUT2D eigenvalue weighted by molar-refractivity contribution is 5.96. The molecule has 2 aliphatic rings. The number of carboxylic acids is 1. The fourth-order valence-corrected chi connectivity index (χ4v) is 7.08. The molecule has 0 aromatic heterocycles. The summed E-state index contributed by atoms with van der Waals surface area (Å²) in [7, 11) is 1.52. The monoisotopic (exact) mass is 787 g/mol. The van der Waals surface area contributed by atoms with Crippen LogP contribution in [0.15, 0.2) is 53.6 Å². The van der Waals surface area contributed by atoms with Gasteiger partial charge in [0, 0.05) is 26.7 Å². The van der Waals surface area contributed by atoms with Gasteiger partial charge in [0.1, 0.15) is 24.4 Å². The van der Waals surface area contributed by atoms with Gasteiger partial charge in [-0.3, -0.25) is 9.59 Å². The van der Waals surface area contributed by atoms with E-state index in [-0.39, 0.29) is 24.0 Å². The zero-order valence-corrected chi connectivity index (χ0v) is 33.0. The smallest absolute Gasteiger partial charge is 0.335 e. The molecular formula is C43H65NO12. The number of rotatable bonds is 28. The predicted octanol–water partition coefficient (Wildman–Crippen LogP) is 5.69. The molecule has 1 saturated heterocycles. The Morgan fingerprint density at radius 1 is 0.821 bits per heavy atom. The van der Waals surface area contributed by atoms with Gasteiger partial charge in [-0.15, -0.1) is 0 Å². The number of carbonyl (C=O) groups excluding carboxylic acids is 2. The predicted molar refractivity (Wildman–Crippen MR) is 211 cm³/mol. The number of aliphatic hydroxyl groups excluding tert-OH is 3. The van der Waals surface area contributed by atoms with Crippen LogP contribution in [0.3, 0.4) is 0 Å². The lowest BCUT2D eigenvalue weighted by molar-refractivity contribution is -0.294. The number of carboxylic acid groups (broad SMARTS) is 1. The number of amides is 1. The second kappa shape index (κ2) is 26.4. The summed E-state index contributed by atoms with van der Waals surface area (Å²) in [6, 6.07) is 4.61. The quantitative estimate of drug-likeness (QED) is 0.0310. The van der Waals surface area contributed by atoms with Gasteiger partial charge in [0.2, 0.25) is 5.91 Å². The molecule has 0 unspecified atom stereocenters. The molecule has 7 N–H and O–H groups in total. The summed E-state index contributed by atoms with van der Waals surface area (Å²) in [6.45, 7) is 0.652. The van der Waals surface area contributed by atoms with E-state index in [2.05, 4.69) is 29.6 Å². The van der Waals surface area contributed by atoms with Crippen molar-refractivity contribution in [2.45, 2.75) is 159 Å². The Hall–Kier alpha value is -3.59. The second-order valence-electron chi connectivity index (χ2n) is 14.8. The molecule has 1 aromatic carbocycles. The van der Waals surface area contributed by atoms with E-state index < -0.39 is 42.8 Å². The third-order valence-electron chi connectivity index (χ3n) is 10.4. The second-order valence-corrected chi connectivity index (χ2v) is 14.8. The van der Waals surface area contributed by atoms with Crippen LogP contribution in [0.5, 0.6) is 11.5 Å². The van der Waals surface area contributed by atoms with Crippen molar-refractivity contribution in [2.75, 3.05) is 20.3 Å². The number of carbonyl (C=O) groups is 3. The SMILES string of the molecule is CO[C@@H](CC/C=C\CCCCC(=O)C1=C(CC/C=C\CCCCCCCCO[C@@H]2O[C@H](C(=O)O)[C@@H](O)[C@H](O)[C@H]2O)CCC1)C(=O)NCCc1ccc(O)c(O)c1. The summed E-state index contributed by atoms with van der Waals surface area (Å²) in [5.74, 6) is -1.65. The molecule has 1 heterocycles. The van der Waals surface area contributed by atoms with Gasteiger partial charge in [0.15, 0.2) is 29.7 Å². The van der Waals surface area contributed by atoms with Crippen molar-refractivity contribution in [3.8, 4) is 11.5 Å². The molecule has 1 aromatic rings. The van der Waals surface area contributed by atoms with Crippen LogP contribution in [0.25, 0.3) is 0 Å². The van der Waals surface area contributed by atoms with Gasteiger partial charge in [0.25, 0.3) is 0 Å². The number of methoxy groups -OCH3 is 1. The number of benzene rings is 1. The number of phenols is 2. The van der Waals surface area contributed by atoms with E-state index in [1.807, 2.05) is 0 Å². The van der Waals surface area contributed by atoms with Crippen LogP contribution in [-0.2, 0) is 35.0 Å². The van der Waals surface area contributed by atoms with Gasteiger partial charge in [-0.05, 0) is 113 Å². The zero-order chi connectivity index (χ0) is 40.7. The molecule has 13 nitrogen and oxygen atoms in total. The average Bonchev–Trinajstić information content (AvgIpc) is 3.65. The van der Waals surface area contributed by atoms with Crippen molar-refractivity contribution in [3.63, 3.8) is 0 Å². The van der Waals surface area contributed by atoms with Crippen molar-refractivity contribution in [3.05, 3.63) is 59.2 Å². The molecule has 1 aliphatic heterocycles. The summed E-state index contributed by atoms with van der Waals surface area (Å²) in [5.41, 5.74) is 3.21. The Morgan fingerprint density at radius 2 is 1.50 bits per heavy atom. The first kappa shape index (κ1) is 46.8. The van der Waals surface area contributed by atoms with E-state index in [1.54, 1.807) is 6.07 Å². The van der Waals surface area contributed by atoms with Crippen LogP contribution in [0.2, 0.25) is 0 Å². The normalized spacial score (nSPS) is 22.0. The number of Topliss-reactive ketones (excluding diaryl/α,β-unsaturated/α-hetero) is 1. The van der Waals surface area contributed by atoms with Crippen molar-refractivity contribution in [1.29, 1.82) is 0 Å². The number of hydrogen-bond acceptors (Lipinski definition) is 11. The van der Waals surface area contributed by atoms with Gasteiger partial charge in [-0.1, -0.05) is 61.6 Å². The third kappa shape index (κ3) is 16.5. The number of allylic oxidation sites excluding steroid dienone is 6. The standard InChI is InChI=1S/C43H65NO12/c1-54-36(41(51)44-27-26-30-24-25-34(46)35(47)29-30)23-16-12-8-7-11-15-22-33(45)32-21-18-20-31(32)19-14-10-6-4-2-3-5-9-13-17-28-55-43-39(50)37(48)38(49)40(56-43)42(52)53/h6,8,10,12,24-25,29,36-40,43,46-50H,2-5,7,9,11,13-23,26-28H2,1H3,(H,44,51)(H,52,53)/b10-6-,12-8-/t36-,37-,38-,39+,40-,43+/m0/s1. The van der Waals surface area contributed by atoms with Gasteiger partial charge < -0.3 is 50.2 Å². The highest BCUT2D eigenvalue weighted by atomic mass is 16.7. The third-order valence-corrected chi connectivity index (χ3v) is 10.4. The summed E-state index contributed by atoms with van der Waals surface area (Å²) in [6.07, 6.45) is 17.2. The van der Waals surface area contributed by atoms with E-state index in [4.69, 9.17) is 19.3 Å². The minimum Gasteiger partial charge on any atom is -0.504 e. The van der Waals surface area contributed by atoms with Crippen LogP contribution >= 0.6 is 0 Å². The molecule has 1 aliphatic carbocycles. The summed E-state index contributed by atoms with van der Waals surface area (Å²) in [4.78, 5) is 36.7. The minimum absolute atomic E-state index is 0.173. The van der Waals surface area contributed by atoms with Crippen molar-refractivity contribution in [2.24, 2.45) is 0 Å². The maximum absolute atomic E-state index is 13.0. The average molecular weight is 788 g/mol. The molecule has 0 saturated carbocycles. The summed E-state index contributed by atoms with van der Waals surface area (Å²) in [5, 5.41) is 60.6. The number of ketones is 1. The number of hydrogen-bond donors (Lipinski definition) is 7. The lowest BCUT2D eigenvalue weighted by atomic mass is 9.99. The molecule has 1 amide bonds. The molecule has 0 spiro atoms. The number of aliphatic hydroxyl groups is 3. The van der Waals surface area contributed by atoms with E-state index in [9.17, 15) is 39.9 Å². The Balaban J connectivity index is 1.17. The molecule has 3 rings (SSSR count). The number of nitrogens with one attached hydrogen (secondary N) is 1. The lowest BCUT2D eigenvalue weighted by Gasteiger charge is -2.38. The number of aliphatic carboxylic acids is 1. The molecule has 314 valence electrons. The van der Waals surface area contributed by atoms with Crippen molar-refractivity contribution in [1.82, 2.24) is 5.32 Å². The van der Waals surface area contributed by atoms with Gasteiger partial charge in [0.05, 0.1) is 0 Å². The first-order chi connectivity index (χ1) is 27.0. The molecule has 1 fully saturated rings. The molecule has 6 atom stereocenters. The Morgan fingerprint density at radius 3 is 2.21 bits per heavy atom. The fourth-order valence-electron chi connectivity index (χ4n) is 7.08. The maximum atomic E-state index is 13.0. The van der Waals surface area contributed by atoms with Crippen LogP contribution in [0.1, 0.15) is 121 Å². The van der Waals surface area contributed by atoms with Crippen LogP contribution in [-0.4, -0.2) is 105 Å². The number of unbranched alkanes of at least 4 members (excludes halogenated alkanes) is 8. The van der Waals surface area contributed by atoms with Crippen LogP contribution in [0.4, 0.5) is 0 Å². The van der Waals surface area contributed by atoms with E-state index in [0.717, 1.165) is 101 Å². The van der Waals surface area contributed by atoms with Crippen LogP contribution in [0, 0.1) is 0 Å². The largest absolute Gasteiger partial charge is 0.504 e. The minimum atomic E-state index is -1.72. The lowest BCUT2D eigenvalue weighted by Crippen LogP contribution is -2.60. The fraction of sp³-hybridized carbons (Fsp3) is 0.651. The Bertz CT molecular complexity index is 1440. The highest BCUT2D eigenvalue weighted by Crippen LogP contribution is 2.31. The molecule has 13 heteroatoms. The highest BCUT2D eigenvalue weighted by Gasteiger charge is 2.47. The summed E-state index contributed by atoms with van der Waals surface area (Å²) >= 11 is 0. The first-order valence-corrected chi connectivity index (χ1v) is 20.4. The van der Waals surface area contributed by atoms with Crippen molar-refractivity contribution >= 4 is 17.7 Å². The number of aromatic hydroxyl groups is 2. The van der Waals surface area contributed by atoms with Crippen molar-refractivity contribution < 1.29 is 59.2 Å². The molecule has 0 radical (unpaired) electrons. The Labute approximate surface area is 331 Å². The molecule has 56 heavy (non-hydrogen) atoms. The number of ether oxygens (including phenoxy) is 3. The maximum Gasteiger partial charge on any atom is 0.335 e. The van der Waals surface area contributed by atoms with Gasteiger partial charge >= 0.3 is 5.97 Å². The Kier molecular flexibility index (Phi) is 22.0. The van der Waals surface area contributed by atoms with Gasteiger partial charge in [-0.25, -0.2) is 4.79 Å². The molecular weight excluding hydrogens is 722 g/mol. The van der Waals surface area contributed by atoms with Crippen LogP contribution < -0.4 is 5.32 Å². The summed E-state index contributed by atoms with van der Waals surface area (Å²) < 4.78 is 15.9. The topological polar surface area (TPSA) is 212 Å². The van der Waals surface area contributed by atoms with E-state index >= 15 is 0 Å². The van der Waals surface area contributed by atoms with E-state index in [0.29, 0.717) is 44.4 Å². The van der Waals surface area contributed by atoms with E-state index in [1.165, 1.54) is 24.8 Å². The zero-order valence-electron chi connectivity index (χ0n) is 33.0. The first-order valence-electron chi connectivity index (χ1n) is 20.4.